The van der Waals surface area contributed by atoms with Crippen LogP contribution in [0.5, 0.6) is 0 Å². The second-order valence-corrected chi connectivity index (χ2v) is 6.07. The van der Waals surface area contributed by atoms with Crippen molar-refractivity contribution in [2.45, 2.75) is 65.3 Å². The fourth-order valence-electron chi connectivity index (χ4n) is 0.898. The molecule has 0 saturated carbocycles. The molecule has 6 heteroatoms. The van der Waals surface area contributed by atoms with E-state index in [-0.39, 0.29) is 7.37 Å². The first-order chi connectivity index (χ1) is 6.85. The van der Waals surface area contributed by atoms with Crippen molar-refractivity contribution in [1.82, 2.24) is 0 Å². The fraction of sp³-hybridized carbons (Fsp3) is 1.00. The zero-order chi connectivity index (χ0) is 13.2. The number of rotatable bonds is 5. The molecule has 0 aromatic heterocycles. The van der Waals surface area contributed by atoms with Crippen LogP contribution in [0.4, 0.5) is 0 Å². The first-order valence-corrected chi connectivity index (χ1v) is 5.57. The fourth-order valence-corrected chi connectivity index (χ4v) is 0.898. The Labute approximate surface area is 99.7 Å². The number of hydrogen-bond acceptors (Lipinski definition) is 4. The molecular weight excluding hydrogens is 206 g/mol. The molecule has 0 rings (SSSR count). The van der Waals surface area contributed by atoms with Crippen LogP contribution in [-0.2, 0) is 9.31 Å². The van der Waals surface area contributed by atoms with Crippen molar-refractivity contribution >= 4 is 14.4 Å². The van der Waals surface area contributed by atoms with Gasteiger partial charge in [-0.05, 0) is 48.5 Å². The SMILES string of the molecule is CC(C)(C)OB(O)BOC(C)(C)C(C)(C)O. The van der Waals surface area contributed by atoms with Gasteiger partial charge in [0.05, 0.1) is 11.2 Å². The molecule has 16 heavy (non-hydrogen) atoms. The molecule has 0 amide bonds. The van der Waals surface area contributed by atoms with Gasteiger partial charge in [0.25, 0.3) is 0 Å². The molecule has 0 saturated heterocycles. The summed E-state index contributed by atoms with van der Waals surface area (Å²) >= 11 is 0. The first kappa shape index (κ1) is 16.0. The molecule has 0 spiro atoms. The van der Waals surface area contributed by atoms with Gasteiger partial charge in [0.2, 0.25) is 0 Å². The van der Waals surface area contributed by atoms with E-state index in [1.165, 1.54) is 0 Å². The van der Waals surface area contributed by atoms with Gasteiger partial charge in [-0.15, -0.1) is 0 Å². The van der Waals surface area contributed by atoms with Crippen molar-refractivity contribution in [2.75, 3.05) is 0 Å². The van der Waals surface area contributed by atoms with Gasteiger partial charge in [0.15, 0.2) is 0 Å². The summed E-state index contributed by atoms with van der Waals surface area (Å²) in [5, 5.41) is 19.4. The highest BCUT2D eigenvalue weighted by molar-refractivity contribution is 7.02. The predicted octanol–water partition coefficient (Wildman–Crippen LogP) is 0.696. The Kier molecular flexibility index (Phi) is 5.08. The third kappa shape index (κ3) is 5.89. The average molecular weight is 230 g/mol. The highest BCUT2D eigenvalue weighted by Crippen LogP contribution is 2.24. The van der Waals surface area contributed by atoms with Crippen molar-refractivity contribution in [1.29, 1.82) is 0 Å². The van der Waals surface area contributed by atoms with E-state index in [1.807, 2.05) is 20.8 Å². The molecule has 0 aliphatic heterocycles. The largest absolute Gasteiger partial charge is 0.438 e. The summed E-state index contributed by atoms with van der Waals surface area (Å²) in [5.41, 5.74) is -2.13. The average Bonchev–Trinajstić information content (AvgIpc) is 1.95. The van der Waals surface area contributed by atoms with Gasteiger partial charge in [-0.25, -0.2) is 0 Å². The van der Waals surface area contributed by atoms with Crippen LogP contribution in [0.2, 0.25) is 0 Å². The standard InChI is InChI=1S/C10H24B2O4/c1-8(2,3)16-12(14)11-15-10(6,7)9(4,5)13/h11,13-14H,1-7H3. The van der Waals surface area contributed by atoms with E-state index in [4.69, 9.17) is 9.31 Å². The van der Waals surface area contributed by atoms with E-state index in [1.54, 1.807) is 27.7 Å². The molecule has 4 nitrogen and oxygen atoms in total. The smallest absolute Gasteiger partial charge is 0.434 e. The number of hydrogen-bond donors (Lipinski definition) is 2. The highest BCUT2D eigenvalue weighted by Gasteiger charge is 2.37. The molecule has 0 aromatic rings. The molecule has 0 bridgehead atoms. The molecule has 0 fully saturated rings. The lowest BCUT2D eigenvalue weighted by Gasteiger charge is -2.38. The highest BCUT2D eigenvalue weighted by atomic mass is 16.6. The molecule has 2 N–H and O–H groups in total. The predicted molar refractivity (Wildman–Crippen MR) is 67.4 cm³/mol. The van der Waals surface area contributed by atoms with E-state index in [2.05, 4.69) is 0 Å². The van der Waals surface area contributed by atoms with Gasteiger partial charge in [-0.2, -0.15) is 0 Å². The maximum Gasteiger partial charge on any atom is 0.438 e. The van der Waals surface area contributed by atoms with Crippen molar-refractivity contribution in [3.8, 4) is 0 Å². The lowest BCUT2D eigenvalue weighted by Crippen LogP contribution is -2.50. The zero-order valence-corrected chi connectivity index (χ0v) is 11.5. The Bertz CT molecular complexity index is 218. The molecule has 0 heterocycles. The molecule has 0 radical (unpaired) electrons. The Hall–Kier alpha value is -0.0301. The van der Waals surface area contributed by atoms with Crippen molar-refractivity contribution in [3.05, 3.63) is 0 Å². The maximum absolute atomic E-state index is 9.84. The van der Waals surface area contributed by atoms with Crippen molar-refractivity contribution < 1.29 is 19.4 Å². The van der Waals surface area contributed by atoms with E-state index in [0.717, 1.165) is 0 Å². The zero-order valence-electron chi connectivity index (χ0n) is 11.5. The summed E-state index contributed by atoms with van der Waals surface area (Å²) in [7, 11) is -0.949. The second kappa shape index (κ2) is 5.08. The summed E-state index contributed by atoms with van der Waals surface area (Å²) in [6.07, 6.45) is 0. The monoisotopic (exact) mass is 230 g/mol. The van der Waals surface area contributed by atoms with Crippen LogP contribution in [0.3, 0.4) is 0 Å². The van der Waals surface area contributed by atoms with E-state index in [9.17, 15) is 10.1 Å². The van der Waals surface area contributed by atoms with Gasteiger partial charge in [0, 0.05) is 5.60 Å². The molecule has 0 aliphatic carbocycles. The van der Waals surface area contributed by atoms with Crippen molar-refractivity contribution in [3.63, 3.8) is 0 Å². The Balaban J connectivity index is 4.16. The summed E-state index contributed by atoms with van der Waals surface area (Å²) in [6, 6.07) is 0. The molecule has 0 aliphatic rings. The third-order valence-corrected chi connectivity index (χ3v) is 2.55. The van der Waals surface area contributed by atoms with Gasteiger partial charge < -0.3 is 19.4 Å². The lowest BCUT2D eigenvalue weighted by molar-refractivity contribution is -0.0897. The molecule has 0 atom stereocenters. The van der Waals surface area contributed by atoms with Gasteiger partial charge in [0.1, 0.15) is 0 Å². The second-order valence-electron chi connectivity index (χ2n) is 6.07. The van der Waals surface area contributed by atoms with Gasteiger partial charge >= 0.3 is 14.4 Å². The van der Waals surface area contributed by atoms with Gasteiger partial charge in [-0.1, -0.05) is 0 Å². The lowest BCUT2D eigenvalue weighted by atomic mass is 9.55. The Morgan fingerprint density at radius 2 is 1.44 bits per heavy atom. The maximum atomic E-state index is 9.84. The Morgan fingerprint density at radius 3 is 1.75 bits per heavy atom. The van der Waals surface area contributed by atoms with Crippen LogP contribution >= 0.6 is 0 Å². The summed E-state index contributed by atoms with van der Waals surface area (Å²) in [6.45, 7) is 12.5. The summed E-state index contributed by atoms with van der Waals surface area (Å²) in [4.78, 5) is 0. The minimum absolute atomic E-state index is 0.0360. The third-order valence-electron chi connectivity index (χ3n) is 2.55. The quantitative estimate of drug-likeness (QED) is 0.682. The van der Waals surface area contributed by atoms with Crippen LogP contribution in [0.25, 0.3) is 0 Å². The minimum atomic E-state index is -0.985. The molecule has 0 aromatic carbocycles. The van der Waals surface area contributed by atoms with E-state index < -0.39 is 23.8 Å². The van der Waals surface area contributed by atoms with Gasteiger partial charge in [-0.3, -0.25) is 0 Å². The van der Waals surface area contributed by atoms with E-state index in [0.29, 0.717) is 0 Å². The topological polar surface area (TPSA) is 58.9 Å². The minimum Gasteiger partial charge on any atom is -0.434 e. The van der Waals surface area contributed by atoms with Crippen LogP contribution in [0, 0.1) is 0 Å². The molecular formula is C10H24B2O4. The van der Waals surface area contributed by atoms with Crippen LogP contribution < -0.4 is 0 Å². The van der Waals surface area contributed by atoms with E-state index >= 15 is 0 Å². The normalized spacial score (nSPS) is 13.8. The Morgan fingerprint density at radius 1 is 1.00 bits per heavy atom. The van der Waals surface area contributed by atoms with Crippen LogP contribution in [-0.4, -0.2) is 41.3 Å². The molecule has 94 valence electrons. The van der Waals surface area contributed by atoms with Crippen LogP contribution in [0.15, 0.2) is 0 Å². The summed E-state index contributed by atoms with van der Waals surface area (Å²) < 4.78 is 10.8. The molecule has 0 unspecified atom stereocenters. The number of aliphatic hydroxyl groups is 1. The summed E-state index contributed by atoms with van der Waals surface area (Å²) in [5.74, 6) is 0. The first-order valence-electron chi connectivity index (χ1n) is 5.57. The van der Waals surface area contributed by atoms with Crippen LogP contribution in [0.1, 0.15) is 48.5 Å². The van der Waals surface area contributed by atoms with Crippen molar-refractivity contribution in [2.24, 2.45) is 0 Å².